The lowest BCUT2D eigenvalue weighted by atomic mass is 9.78. The summed E-state index contributed by atoms with van der Waals surface area (Å²) >= 11 is 0. The summed E-state index contributed by atoms with van der Waals surface area (Å²) in [5.74, 6) is 1.35. The standard InChI is InChI=1S/C22H29N3O2/c1-2-27-22(26)20-14-24-25(21(20)16-9-10-16)19-8-4-7-18(12-19)17-6-3-5-15(11-17)13-23/h4,7-8,12,14-17H,2-3,5-6,9-11,13,23H2,1H3/t15-,17+/m0/s1. The van der Waals surface area contributed by atoms with Gasteiger partial charge in [-0.25, -0.2) is 9.48 Å². The van der Waals surface area contributed by atoms with Gasteiger partial charge >= 0.3 is 5.97 Å². The molecule has 2 saturated carbocycles. The van der Waals surface area contributed by atoms with Gasteiger partial charge in [-0.1, -0.05) is 18.6 Å². The van der Waals surface area contributed by atoms with E-state index < -0.39 is 0 Å². The Kier molecular flexibility index (Phi) is 5.30. The van der Waals surface area contributed by atoms with Crippen molar-refractivity contribution in [2.45, 2.75) is 57.3 Å². The van der Waals surface area contributed by atoms with Crippen LogP contribution in [0.5, 0.6) is 0 Å². The number of carbonyl (C=O) groups excluding carboxylic acids is 1. The molecule has 0 aliphatic heterocycles. The lowest BCUT2D eigenvalue weighted by molar-refractivity contribution is 0.0525. The highest BCUT2D eigenvalue weighted by Crippen LogP contribution is 2.43. The number of hydrogen-bond acceptors (Lipinski definition) is 4. The third kappa shape index (κ3) is 3.79. The van der Waals surface area contributed by atoms with Crippen LogP contribution in [0.3, 0.4) is 0 Å². The van der Waals surface area contributed by atoms with Gasteiger partial charge in [0.1, 0.15) is 5.56 Å². The zero-order valence-corrected chi connectivity index (χ0v) is 16.1. The Bertz CT molecular complexity index is 810. The lowest BCUT2D eigenvalue weighted by Crippen LogP contribution is -2.21. The number of ether oxygens (including phenoxy) is 1. The highest BCUT2D eigenvalue weighted by molar-refractivity contribution is 5.91. The molecule has 2 atom stereocenters. The number of nitrogens with zero attached hydrogens (tertiary/aromatic N) is 2. The van der Waals surface area contributed by atoms with Crippen molar-refractivity contribution in [1.29, 1.82) is 0 Å². The summed E-state index contributed by atoms with van der Waals surface area (Å²) in [6.45, 7) is 3.00. The fraction of sp³-hybridized carbons (Fsp3) is 0.545. The quantitative estimate of drug-likeness (QED) is 0.778. The number of benzene rings is 1. The van der Waals surface area contributed by atoms with E-state index in [1.54, 1.807) is 6.20 Å². The second-order valence-electron chi connectivity index (χ2n) is 7.91. The van der Waals surface area contributed by atoms with Gasteiger partial charge in [0.25, 0.3) is 0 Å². The first-order valence-electron chi connectivity index (χ1n) is 10.3. The molecule has 2 aromatic rings. The van der Waals surface area contributed by atoms with E-state index in [-0.39, 0.29) is 5.97 Å². The summed E-state index contributed by atoms with van der Waals surface area (Å²) in [5.41, 5.74) is 9.95. The molecule has 1 heterocycles. The number of rotatable bonds is 6. The van der Waals surface area contributed by atoms with Crippen molar-refractivity contribution in [3.8, 4) is 5.69 Å². The molecule has 0 spiro atoms. The van der Waals surface area contributed by atoms with Crippen LogP contribution in [0.15, 0.2) is 30.5 Å². The van der Waals surface area contributed by atoms with Gasteiger partial charge in [0, 0.05) is 5.92 Å². The molecule has 5 heteroatoms. The average molecular weight is 367 g/mol. The predicted octanol–water partition coefficient (Wildman–Crippen LogP) is 4.16. The van der Waals surface area contributed by atoms with Gasteiger partial charge in [-0.3, -0.25) is 0 Å². The van der Waals surface area contributed by atoms with Crippen LogP contribution in [0.25, 0.3) is 5.69 Å². The maximum atomic E-state index is 12.3. The van der Waals surface area contributed by atoms with Gasteiger partial charge in [0.15, 0.2) is 0 Å². The first kappa shape index (κ1) is 18.2. The summed E-state index contributed by atoms with van der Waals surface area (Å²) in [5, 5.41) is 4.56. The van der Waals surface area contributed by atoms with E-state index in [1.165, 1.54) is 31.2 Å². The molecule has 0 unspecified atom stereocenters. The van der Waals surface area contributed by atoms with E-state index in [9.17, 15) is 4.79 Å². The van der Waals surface area contributed by atoms with Gasteiger partial charge in [-0.05, 0) is 75.1 Å². The molecule has 2 aliphatic carbocycles. The largest absolute Gasteiger partial charge is 0.462 e. The van der Waals surface area contributed by atoms with Crippen molar-refractivity contribution in [2.24, 2.45) is 11.7 Å². The van der Waals surface area contributed by atoms with Crippen LogP contribution in [0.1, 0.15) is 78.9 Å². The van der Waals surface area contributed by atoms with Crippen LogP contribution in [-0.2, 0) is 4.74 Å². The van der Waals surface area contributed by atoms with E-state index in [0.717, 1.165) is 30.8 Å². The molecule has 0 amide bonds. The minimum atomic E-state index is -0.264. The van der Waals surface area contributed by atoms with Gasteiger partial charge in [0.05, 0.1) is 24.2 Å². The van der Waals surface area contributed by atoms with E-state index in [4.69, 9.17) is 10.5 Å². The molecular formula is C22H29N3O2. The number of hydrogen-bond donors (Lipinski definition) is 1. The van der Waals surface area contributed by atoms with Crippen LogP contribution in [0.4, 0.5) is 0 Å². The Morgan fingerprint density at radius 3 is 2.85 bits per heavy atom. The number of carbonyl (C=O) groups is 1. The predicted molar refractivity (Wildman–Crippen MR) is 105 cm³/mol. The van der Waals surface area contributed by atoms with Gasteiger partial charge in [0.2, 0.25) is 0 Å². The normalized spacial score (nSPS) is 22.6. The van der Waals surface area contributed by atoms with E-state index in [0.29, 0.717) is 29.9 Å². The zero-order valence-electron chi connectivity index (χ0n) is 16.1. The third-order valence-corrected chi connectivity index (χ3v) is 5.97. The number of esters is 1. The van der Waals surface area contributed by atoms with E-state index in [1.807, 2.05) is 11.6 Å². The van der Waals surface area contributed by atoms with Crippen molar-refractivity contribution in [1.82, 2.24) is 9.78 Å². The Labute approximate surface area is 160 Å². The molecule has 0 radical (unpaired) electrons. The minimum absolute atomic E-state index is 0.264. The number of aromatic nitrogens is 2. The van der Waals surface area contributed by atoms with Crippen LogP contribution in [0.2, 0.25) is 0 Å². The van der Waals surface area contributed by atoms with Crippen molar-refractivity contribution in [3.63, 3.8) is 0 Å². The SMILES string of the molecule is CCOC(=O)c1cnn(-c2cccc([C@@H]3CCC[C@H](CN)C3)c2)c1C1CC1. The van der Waals surface area contributed by atoms with Crippen molar-refractivity contribution < 1.29 is 9.53 Å². The first-order chi connectivity index (χ1) is 13.2. The smallest absolute Gasteiger partial charge is 0.341 e. The Morgan fingerprint density at radius 1 is 1.26 bits per heavy atom. The van der Waals surface area contributed by atoms with Crippen LogP contribution in [-0.4, -0.2) is 28.9 Å². The molecule has 5 nitrogen and oxygen atoms in total. The maximum absolute atomic E-state index is 12.3. The van der Waals surface area contributed by atoms with Gasteiger partial charge < -0.3 is 10.5 Å². The molecule has 2 N–H and O–H groups in total. The summed E-state index contributed by atoms with van der Waals surface area (Å²) in [6.07, 6.45) is 8.78. The Morgan fingerprint density at radius 2 is 2.11 bits per heavy atom. The monoisotopic (exact) mass is 367 g/mol. The van der Waals surface area contributed by atoms with E-state index >= 15 is 0 Å². The lowest BCUT2D eigenvalue weighted by Gasteiger charge is -2.28. The molecule has 0 saturated heterocycles. The van der Waals surface area contributed by atoms with Crippen LogP contribution < -0.4 is 5.73 Å². The fourth-order valence-corrected chi connectivity index (χ4v) is 4.40. The Balaban J connectivity index is 1.65. The highest BCUT2D eigenvalue weighted by atomic mass is 16.5. The molecule has 2 fully saturated rings. The summed E-state index contributed by atoms with van der Waals surface area (Å²) < 4.78 is 7.19. The third-order valence-electron chi connectivity index (χ3n) is 5.97. The first-order valence-corrected chi connectivity index (χ1v) is 10.3. The second-order valence-corrected chi connectivity index (χ2v) is 7.91. The van der Waals surface area contributed by atoms with Gasteiger partial charge in [-0.2, -0.15) is 5.10 Å². The zero-order chi connectivity index (χ0) is 18.8. The van der Waals surface area contributed by atoms with Crippen LogP contribution >= 0.6 is 0 Å². The molecule has 2 aliphatic rings. The molecule has 1 aromatic heterocycles. The number of nitrogens with two attached hydrogens (primary N) is 1. The minimum Gasteiger partial charge on any atom is -0.462 e. The second kappa shape index (κ2) is 7.85. The molecule has 0 bridgehead atoms. The average Bonchev–Trinajstić information content (AvgIpc) is 3.46. The van der Waals surface area contributed by atoms with E-state index in [2.05, 4.69) is 29.4 Å². The molecular weight excluding hydrogens is 338 g/mol. The molecule has 1 aromatic carbocycles. The van der Waals surface area contributed by atoms with Gasteiger partial charge in [-0.15, -0.1) is 0 Å². The molecule has 144 valence electrons. The molecule has 4 rings (SSSR count). The molecule has 27 heavy (non-hydrogen) atoms. The Hall–Kier alpha value is -2.14. The topological polar surface area (TPSA) is 70.1 Å². The summed E-state index contributed by atoms with van der Waals surface area (Å²) in [6, 6.07) is 8.66. The summed E-state index contributed by atoms with van der Waals surface area (Å²) in [7, 11) is 0. The maximum Gasteiger partial charge on any atom is 0.341 e. The highest BCUT2D eigenvalue weighted by Gasteiger charge is 2.33. The van der Waals surface area contributed by atoms with Crippen molar-refractivity contribution >= 4 is 5.97 Å². The van der Waals surface area contributed by atoms with Crippen molar-refractivity contribution in [2.75, 3.05) is 13.2 Å². The van der Waals surface area contributed by atoms with Crippen molar-refractivity contribution in [3.05, 3.63) is 47.3 Å². The fourth-order valence-electron chi connectivity index (χ4n) is 4.40. The van der Waals surface area contributed by atoms with Crippen LogP contribution in [0, 0.1) is 5.92 Å². The summed E-state index contributed by atoms with van der Waals surface area (Å²) in [4.78, 5) is 12.3.